The number of nitrogens with two attached hydrogens (primary N) is 1. The lowest BCUT2D eigenvalue weighted by Crippen LogP contribution is -2.21. The molecule has 1 aliphatic carbocycles. The Labute approximate surface area is 181 Å². The lowest BCUT2D eigenvalue weighted by Gasteiger charge is -2.25. The van der Waals surface area contributed by atoms with Crippen LogP contribution >= 0.6 is 11.3 Å². The molecule has 0 saturated heterocycles. The number of nitrogens with zero attached hydrogens (tertiary/aromatic N) is 5. The molecule has 1 fully saturated rings. The van der Waals surface area contributed by atoms with Crippen LogP contribution in [-0.2, 0) is 0 Å². The minimum absolute atomic E-state index is 0.185. The first-order valence-corrected chi connectivity index (χ1v) is 11.1. The summed E-state index contributed by atoms with van der Waals surface area (Å²) in [6.07, 6.45) is 12.5. The summed E-state index contributed by atoms with van der Waals surface area (Å²) in [5, 5.41) is 26.3. The second-order valence-electron chi connectivity index (χ2n) is 8.00. The number of hydrogen-bond acceptors (Lipinski definition) is 8. The summed E-state index contributed by atoms with van der Waals surface area (Å²) in [4.78, 5) is 4.37. The molecule has 0 atom stereocenters. The molecule has 0 bridgehead atoms. The number of furan rings is 1. The Kier molecular flexibility index (Phi) is 4.25. The van der Waals surface area contributed by atoms with E-state index in [1.807, 2.05) is 22.3 Å². The van der Waals surface area contributed by atoms with Crippen LogP contribution in [0.2, 0.25) is 0 Å². The van der Waals surface area contributed by atoms with Gasteiger partial charge in [0.05, 0.1) is 35.4 Å². The Bertz CT molecular complexity index is 1400. The average Bonchev–Trinajstić information content (AvgIpc) is 3.52. The summed E-state index contributed by atoms with van der Waals surface area (Å²) in [6, 6.07) is 2.33. The Morgan fingerprint density at radius 3 is 2.74 bits per heavy atom. The Morgan fingerprint density at radius 2 is 1.87 bits per heavy atom. The third-order valence-electron chi connectivity index (χ3n) is 6.09. The van der Waals surface area contributed by atoms with E-state index >= 15 is 0 Å². The third-order valence-corrected chi connectivity index (χ3v) is 7.03. The topological polar surface area (TPSA) is 116 Å². The summed E-state index contributed by atoms with van der Waals surface area (Å²) in [6.45, 7) is 0. The van der Waals surface area contributed by atoms with Crippen LogP contribution < -0.4 is 5.73 Å². The lowest BCUT2D eigenvalue weighted by atomic mass is 9.93. The van der Waals surface area contributed by atoms with Gasteiger partial charge in [-0.15, -0.1) is 11.3 Å². The molecule has 9 heteroatoms. The van der Waals surface area contributed by atoms with Crippen LogP contribution in [0.15, 0.2) is 46.8 Å². The van der Waals surface area contributed by atoms with Gasteiger partial charge >= 0.3 is 0 Å². The molecule has 5 aromatic rings. The fourth-order valence-corrected chi connectivity index (χ4v) is 5.27. The van der Waals surface area contributed by atoms with E-state index < -0.39 is 0 Å². The average molecular weight is 433 g/mol. The second kappa shape index (κ2) is 7.14. The molecule has 0 unspecified atom stereocenters. The molecule has 1 aliphatic rings. The van der Waals surface area contributed by atoms with Gasteiger partial charge in [0.25, 0.3) is 0 Å². The lowest BCUT2D eigenvalue weighted by molar-refractivity contribution is 0.108. The van der Waals surface area contributed by atoms with Crippen LogP contribution in [0, 0.1) is 0 Å². The molecule has 8 nitrogen and oxygen atoms in total. The van der Waals surface area contributed by atoms with E-state index in [1.54, 1.807) is 29.9 Å². The van der Waals surface area contributed by atoms with Crippen molar-refractivity contribution in [3.8, 4) is 22.5 Å². The number of nitrogen functional groups attached to an aromatic ring is 1. The smallest absolute Gasteiger partial charge is 0.177 e. The minimum atomic E-state index is -0.185. The van der Waals surface area contributed by atoms with Crippen LogP contribution in [0.25, 0.3) is 43.5 Å². The number of rotatable bonds is 3. The van der Waals surface area contributed by atoms with Crippen molar-refractivity contribution in [2.45, 2.75) is 37.8 Å². The molecule has 156 valence electrons. The molecule has 6 rings (SSSR count). The summed E-state index contributed by atoms with van der Waals surface area (Å²) in [5.74, 6) is 1.09. The maximum atomic E-state index is 9.78. The first-order valence-electron chi connectivity index (χ1n) is 10.3. The fourth-order valence-electron chi connectivity index (χ4n) is 4.39. The summed E-state index contributed by atoms with van der Waals surface area (Å²) in [5.41, 5.74) is 9.59. The number of hydrogen-bond donors (Lipinski definition) is 2. The monoisotopic (exact) mass is 432 g/mol. The Morgan fingerprint density at radius 1 is 1.03 bits per heavy atom. The van der Waals surface area contributed by atoms with Gasteiger partial charge in [-0.05, 0) is 31.7 Å². The number of aliphatic hydroxyl groups is 1. The van der Waals surface area contributed by atoms with Crippen molar-refractivity contribution < 1.29 is 9.52 Å². The van der Waals surface area contributed by atoms with Gasteiger partial charge in [-0.25, -0.2) is 4.98 Å². The molecule has 0 amide bonds. The van der Waals surface area contributed by atoms with Crippen molar-refractivity contribution in [1.82, 2.24) is 25.0 Å². The van der Waals surface area contributed by atoms with E-state index in [9.17, 15) is 5.11 Å². The normalized spacial score (nSPS) is 19.4. The number of anilines is 1. The minimum Gasteiger partial charge on any atom is -0.452 e. The quantitative estimate of drug-likeness (QED) is 0.433. The van der Waals surface area contributed by atoms with Crippen LogP contribution in [-0.4, -0.2) is 36.2 Å². The van der Waals surface area contributed by atoms with Gasteiger partial charge in [-0.2, -0.15) is 15.3 Å². The number of fused-ring (bicyclic) bond motifs is 2. The molecule has 5 heterocycles. The SMILES string of the molecule is Nc1ncc(-c2cnn(C3CCC(O)CC3)c2)c2cc(-c3csc4cnncc34)oc12. The van der Waals surface area contributed by atoms with Crippen molar-refractivity contribution in [2.24, 2.45) is 0 Å². The second-order valence-corrected chi connectivity index (χ2v) is 8.91. The molecular weight excluding hydrogens is 412 g/mol. The van der Waals surface area contributed by atoms with E-state index in [0.29, 0.717) is 17.4 Å². The highest BCUT2D eigenvalue weighted by Gasteiger charge is 2.22. The summed E-state index contributed by atoms with van der Waals surface area (Å²) in [7, 11) is 0. The summed E-state index contributed by atoms with van der Waals surface area (Å²) < 4.78 is 9.23. The first kappa shape index (κ1) is 18.5. The maximum Gasteiger partial charge on any atom is 0.177 e. The van der Waals surface area contributed by atoms with Crippen molar-refractivity contribution in [1.29, 1.82) is 0 Å². The van der Waals surface area contributed by atoms with E-state index in [0.717, 1.165) is 63.6 Å². The zero-order chi connectivity index (χ0) is 20.9. The largest absolute Gasteiger partial charge is 0.452 e. The van der Waals surface area contributed by atoms with Gasteiger partial charge in [0.1, 0.15) is 5.76 Å². The molecule has 0 aliphatic heterocycles. The zero-order valence-electron chi connectivity index (χ0n) is 16.6. The number of pyridine rings is 1. The number of thiophene rings is 1. The standard InChI is InChI=1S/C22H20N6O2S/c23-22-21-15(5-19(30-21)18-11-31-20-9-26-25-8-17(18)20)16(7-24-22)12-6-27-28(10-12)13-1-3-14(29)4-2-13/h5-11,13-14,29H,1-4H2,(H2,23,24). The maximum absolute atomic E-state index is 9.78. The molecule has 1 saturated carbocycles. The third kappa shape index (κ3) is 3.08. The first-order chi connectivity index (χ1) is 15.2. The van der Waals surface area contributed by atoms with Gasteiger partial charge in [0, 0.05) is 45.2 Å². The summed E-state index contributed by atoms with van der Waals surface area (Å²) >= 11 is 1.60. The van der Waals surface area contributed by atoms with Crippen molar-refractivity contribution in [3.05, 3.63) is 42.4 Å². The van der Waals surface area contributed by atoms with Crippen molar-refractivity contribution >= 4 is 38.2 Å². The predicted molar refractivity (Wildman–Crippen MR) is 120 cm³/mol. The van der Waals surface area contributed by atoms with Gasteiger partial charge in [0.2, 0.25) is 0 Å². The van der Waals surface area contributed by atoms with Crippen LogP contribution in [0.3, 0.4) is 0 Å². The van der Waals surface area contributed by atoms with Gasteiger partial charge in [-0.1, -0.05) is 0 Å². The Hall–Kier alpha value is -3.30. The highest BCUT2D eigenvalue weighted by molar-refractivity contribution is 7.17. The molecular formula is C22H20N6O2S. The Balaban J connectivity index is 1.43. The fraction of sp³-hybridized carbons (Fsp3) is 0.273. The highest BCUT2D eigenvalue weighted by atomic mass is 32.1. The highest BCUT2D eigenvalue weighted by Crippen LogP contribution is 2.40. The van der Waals surface area contributed by atoms with Crippen LogP contribution in [0.4, 0.5) is 5.82 Å². The van der Waals surface area contributed by atoms with E-state index in [4.69, 9.17) is 10.2 Å². The number of aliphatic hydroxyl groups excluding tert-OH is 1. The molecule has 31 heavy (non-hydrogen) atoms. The van der Waals surface area contributed by atoms with Crippen LogP contribution in [0.1, 0.15) is 31.7 Å². The molecule has 0 aromatic carbocycles. The van der Waals surface area contributed by atoms with Gasteiger partial charge in [-0.3, -0.25) is 4.68 Å². The van der Waals surface area contributed by atoms with E-state index in [2.05, 4.69) is 26.5 Å². The van der Waals surface area contributed by atoms with Crippen molar-refractivity contribution in [3.63, 3.8) is 0 Å². The van der Waals surface area contributed by atoms with E-state index in [-0.39, 0.29) is 6.10 Å². The molecule has 0 spiro atoms. The van der Waals surface area contributed by atoms with Crippen molar-refractivity contribution in [2.75, 3.05) is 5.73 Å². The van der Waals surface area contributed by atoms with Crippen LogP contribution in [0.5, 0.6) is 0 Å². The zero-order valence-corrected chi connectivity index (χ0v) is 17.4. The van der Waals surface area contributed by atoms with Gasteiger partial charge in [0.15, 0.2) is 11.4 Å². The predicted octanol–water partition coefficient (Wildman–Crippen LogP) is 4.42. The molecule has 5 aromatic heterocycles. The van der Waals surface area contributed by atoms with E-state index in [1.165, 1.54) is 0 Å². The molecule has 3 N–H and O–H groups in total. The molecule has 0 radical (unpaired) electrons. The number of aromatic nitrogens is 5. The van der Waals surface area contributed by atoms with Gasteiger partial charge < -0.3 is 15.3 Å².